The number of hydrogen-bond acceptors (Lipinski definition) is 15. The molecule has 0 radical (unpaired) electrons. The molecule has 0 fully saturated rings. The first kappa shape index (κ1) is 98.5. The molecule has 0 aromatic heterocycles. The molecule has 596 valence electrons. The summed E-state index contributed by atoms with van der Waals surface area (Å²) in [6.07, 6.45) is 63.4. The van der Waals surface area contributed by atoms with Gasteiger partial charge in [0.25, 0.3) is 0 Å². The summed E-state index contributed by atoms with van der Waals surface area (Å²) in [6.45, 7) is 11.9. The molecule has 0 aromatic carbocycles. The number of carbonyl (C=O) groups excluding carboxylic acids is 4. The van der Waals surface area contributed by atoms with E-state index in [2.05, 4.69) is 72.8 Å². The third kappa shape index (κ3) is 74.2. The molecule has 0 aliphatic carbocycles. The fraction of sp³-hybridized carbons (Fsp3) is 0.902. The largest absolute Gasteiger partial charge is 0.472 e. The molecule has 0 aromatic rings. The number of phosphoric acid groups is 2. The normalized spacial score (nSPS) is 14.4. The van der Waals surface area contributed by atoms with Crippen LogP contribution in [0.4, 0.5) is 0 Å². The molecule has 3 N–H and O–H groups in total. The highest BCUT2D eigenvalue weighted by molar-refractivity contribution is 7.47. The Morgan fingerprint density at radius 1 is 0.327 bits per heavy atom. The quantitative estimate of drug-likeness (QED) is 0.0169. The molecule has 101 heavy (non-hydrogen) atoms. The highest BCUT2D eigenvalue weighted by Crippen LogP contribution is 2.45. The second-order valence-corrected chi connectivity index (χ2v) is 32.9. The van der Waals surface area contributed by atoms with Crippen molar-refractivity contribution in [3.05, 3.63) is 24.3 Å². The number of aliphatic hydroxyl groups is 1. The van der Waals surface area contributed by atoms with Gasteiger partial charge in [-0.2, -0.15) is 0 Å². The number of aliphatic hydroxyl groups excluding tert-OH is 1. The van der Waals surface area contributed by atoms with Crippen LogP contribution in [0, 0.1) is 17.8 Å². The summed E-state index contributed by atoms with van der Waals surface area (Å²) in [4.78, 5) is 73.0. The predicted octanol–water partition coefficient (Wildman–Crippen LogP) is 24.1. The topological polar surface area (TPSA) is 237 Å². The molecule has 3 unspecified atom stereocenters. The Bertz CT molecular complexity index is 2050. The number of carbonyl (C=O) groups is 4. The minimum absolute atomic E-state index is 0.0848. The maximum absolute atomic E-state index is 13.1. The average molecular weight is 1480 g/mol. The first-order valence-corrected chi connectivity index (χ1v) is 44.7. The van der Waals surface area contributed by atoms with Crippen LogP contribution in [-0.4, -0.2) is 96.7 Å². The van der Waals surface area contributed by atoms with E-state index in [1.807, 2.05) is 0 Å². The van der Waals surface area contributed by atoms with E-state index in [4.69, 9.17) is 37.0 Å². The lowest BCUT2D eigenvalue weighted by molar-refractivity contribution is -0.161. The molecule has 0 aliphatic heterocycles. The third-order valence-electron chi connectivity index (χ3n) is 18.9. The van der Waals surface area contributed by atoms with Crippen molar-refractivity contribution in [2.75, 3.05) is 39.6 Å². The summed E-state index contributed by atoms with van der Waals surface area (Å²) < 4.78 is 68.6. The van der Waals surface area contributed by atoms with Gasteiger partial charge in [0.1, 0.15) is 19.3 Å². The van der Waals surface area contributed by atoms with Gasteiger partial charge in [-0.3, -0.25) is 37.3 Å². The molecule has 0 aliphatic rings. The SMILES string of the molecule is CCCCCC/C=C\C=C/CCCCCCCC(=O)O[C@H](COC(=O)CCCCCCCCCCCCCCC(C)C)COP(=O)(O)OC[C@@H](O)COP(=O)(O)OC[C@@H](COC(=O)CCCCCCCCC(C)C)OC(=O)CCCCCCCCCCCCCCCCCCCCC(C)CC. The highest BCUT2D eigenvalue weighted by Gasteiger charge is 2.30. The number of esters is 4. The van der Waals surface area contributed by atoms with E-state index in [0.29, 0.717) is 31.6 Å². The van der Waals surface area contributed by atoms with E-state index in [1.165, 1.54) is 193 Å². The molecule has 0 spiro atoms. The first-order chi connectivity index (χ1) is 48.8. The van der Waals surface area contributed by atoms with E-state index < -0.39 is 97.5 Å². The lowest BCUT2D eigenvalue weighted by Gasteiger charge is -2.21. The van der Waals surface area contributed by atoms with Gasteiger partial charge in [-0.05, 0) is 69.1 Å². The molecular weight excluding hydrogens is 1320 g/mol. The van der Waals surface area contributed by atoms with Crippen LogP contribution < -0.4 is 0 Å². The summed E-state index contributed by atoms with van der Waals surface area (Å²) >= 11 is 0. The second kappa shape index (κ2) is 71.8. The zero-order valence-corrected chi connectivity index (χ0v) is 67.6. The van der Waals surface area contributed by atoms with E-state index in [0.717, 1.165) is 121 Å². The highest BCUT2D eigenvalue weighted by atomic mass is 31.2. The molecule has 19 heteroatoms. The number of ether oxygens (including phenoxy) is 4. The Morgan fingerprint density at radius 2 is 0.584 bits per heavy atom. The van der Waals surface area contributed by atoms with Crippen molar-refractivity contribution in [2.24, 2.45) is 17.8 Å². The standard InChI is InChI=1S/C82H156O17P2/c1-8-10-11-12-13-14-15-16-21-25-32-37-42-51-58-65-81(86)98-77(69-92-79(84)63-56-49-41-36-31-28-27-29-34-39-46-53-60-73(3)4)71-96-100(88,89)94-67-76(83)68-95-101(90,91)97-72-78(70-93-80(85)64-57-50-45-44-47-54-61-74(5)6)99-82(87)66-59-52-43-38-33-26-23-20-18-17-19-22-24-30-35-40-48-55-62-75(7)9-2/h14-16,21,73-78,83H,8-13,17-20,22-72H2,1-7H3,(H,88,89)(H,90,91)/b15-14-,21-16-/t75?,76-,77-,78-/m1/s1. The van der Waals surface area contributed by atoms with Gasteiger partial charge < -0.3 is 33.8 Å². The molecule has 17 nitrogen and oxygen atoms in total. The van der Waals surface area contributed by atoms with Gasteiger partial charge in [-0.1, -0.05) is 349 Å². The summed E-state index contributed by atoms with van der Waals surface area (Å²) in [6, 6.07) is 0. The van der Waals surface area contributed by atoms with Gasteiger partial charge in [0, 0.05) is 25.7 Å². The molecule has 0 bridgehead atoms. The number of phosphoric ester groups is 2. The fourth-order valence-electron chi connectivity index (χ4n) is 12.1. The van der Waals surface area contributed by atoms with Crippen LogP contribution in [0.1, 0.15) is 402 Å². The zero-order valence-electron chi connectivity index (χ0n) is 65.9. The molecule has 0 heterocycles. The summed E-state index contributed by atoms with van der Waals surface area (Å²) in [7, 11) is -9.93. The fourth-order valence-corrected chi connectivity index (χ4v) is 13.7. The zero-order chi connectivity index (χ0) is 74.4. The second-order valence-electron chi connectivity index (χ2n) is 30.0. The van der Waals surface area contributed by atoms with Crippen LogP contribution in [-0.2, 0) is 65.4 Å². The third-order valence-corrected chi connectivity index (χ3v) is 20.8. The Kier molecular flexibility index (Phi) is 70.0. The van der Waals surface area contributed by atoms with Crippen molar-refractivity contribution in [3.8, 4) is 0 Å². The number of unbranched alkanes of at least 4 members (excludes halogenated alkanes) is 42. The predicted molar refractivity (Wildman–Crippen MR) is 414 cm³/mol. The number of rotatable bonds is 78. The Labute approximate surface area is 618 Å². The number of allylic oxidation sites excluding steroid dienone is 4. The Balaban J connectivity index is 5.21. The van der Waals surface area contributed by atoms with Crippen LogP contribution in [0.5, 0.6) is 0 Å². The van der Waals surface area contributed by atoms with Gasteiger partial charge in [0.05, 0.1) is 26.4 Å². The first-order valence-electron chi connectivity index (χ1n) is 41.7. The van der Waals surface area contributed by atoms with Gasteiger partial charge in [0.15, 0.2) is 12.2 Å². The van der Waals surface area contributed by atoms with E-state index in [-0.39, 0.29) is 25.7 Å². The van der Waals surface area contributed by atoms with Crippen molar-refractivity contribution in [1.82, 2.24) is 0 Å². The Hall–Kier alpha value is -2.46. The lowest BCUT2D eigenvalue weighted by atomic mass is 9.99. The molecule has 0 saturated carbocycles. The van der Waals surface area contributed by atoms with Gasteiger partial charge in [-0.15, -0.1) is 0 Å². The van der Waals surface area contributed by atoms with Crippen molar-refractivity contribution in [1.29, 1.82) is 0 Å². The molecule has 0 rings (SSSR count). The van der Waals surface area contributed by atoms with E-state index in [9.17, 15) is 43.2 Å². The van der Waals surface area contributed by atoms with Crippen LogP contribution in [0.2, 0.25) is 0 Å². The monoisotopic (exact) mass is 1480 g/mol. The number of hydrogen-bond donors (Lipinski definition) is 3. The van der Waals surface area contributed by atoms with Gasteiger partial charge >= 0.3 is 39.5 Å². The van der Waals surface area contributed by atoms with Crippen molar-refractivity contribution < 1.29 is 80.2 Å². The van der Waals surface area contributed by atoms with Crippen LogP contribution in [0.3, 0.4) is 0 Å². The molecular formula is C82H156O17P2. The maximum Gasteiger partial charge on any atom is 0.472 e. The smallest absolute Gasteiger partial charge is 0.462 e. The average Bonchev–Trinajstić information content (AvgIpc) is 0.950. The maximum atomic E-state index is 13.1. The minimum Gasteiger partial charge on any atom is -0.462 e. The summed E-state index contributed by atoms with van der Waals surface area (Å²) in [5.74, 6) is 0.184. The van der Waals surface area contributed by atoms with Crippen molar-refractivity contribution in [3.63, 3.8) is 0 Å². The van der Waals surface area contributed by atoms with Gasteiger partial charge in [0.2, 0.25) is 0 Å². The van der Waals surface area contributed by atoms with Crippen molar-refractivity contribution >= 4 is 39.5 Å². The van der Waals surface area contributed by atoms with Crippen LogP contribution in [0.25, 0.3) is 0 Å². The molecule has 0 amide bonds. The van der Waals surface area contributed by atoms with Crippen LogP contribution in [0.15, 0.2) is 24.3 Å². The minimum atomic E-state index is -4.97. The lowest BCUT2D eigenvalue weighted by Crippen LogP contribution is -2.30. The van der Waals surface area contributed by atoms with Gasteiger partial charge in [-0.25, -0.2) is 9.13 Å². The van der Waals surface area contributed by atoms with Crippen LogP contribution >= 0.6 is 15.6 Å². The summed E-state index contributed by atoms with van der Waals surface area (Å²) in [5.41, 5.74) is 0. The van der Waals surface area contributed by atoms with E-state index >= 15 is 0 Å². The Morgan fingerprint density at radius 3 is 0.881 bits per heavy atom. The summed E-state index contributed by atoms with van der Waals surface area (Å²) in [5, 5.41) is 10.6. The molecule has 0 saturated heterocycles. The van der Waals surface area contributed by atoms with E-state index in [1.54, 1.807) is 0 Å². The van der Waals surface area contributed by atoms with Crippen molar-refractivity contribution in [2.45, 2.75) is 420 Å². The molecule has 6 atom stereocenters.